The topological polar surface area (TPSA) is 29.3 Å². The normalized spacial score (nSPS) is 12.1. The van der Waals surface area contributed by atoms with E-state index in [1.807, 2.05) is 30.3 Å². The van der Waals surface area contributed by atoms with Gasteiger partial charge >= 0.3 is 0 Å². The molecule has 0 fully saturated rings. The molecule has 1 atom stereocenters. The lowest BCUT2D eigenvalue weighted by Crippen LogP contribution is -2.14. The van der Waals surface area contributed by atoms with E-state index >= 15 is 0 Å². The molecule has 0 spiro atoms. The highest BCUT2D eigenvalue weighted by Gasteiger charge is 2.20. The van der Waals surface area contributed by atoms with Crippen LogP contribution in [0.3, 0.4) is 0 Å². The van der Waals surface area contributed by atoms with Gasteiger partial charge in [0.25, 0.3) is 0 Å². The second-order valence-corrected chi connectivity index (χ2v) is 9.04. The number of aryl methyl sites for hydroxylation is 2. The maximum Gasteiger partial charge on any atom is 0.113 e. The Bertz CT molecular complexity index is 1260. The summed E-state index contributed by atoms with van der Waals surface area (Å²) in [5, 5.41) is 2.65. The van der Waals surface area contributed by atoms with E-state index in [2.05, 4.69) is 75.1 Å². The minimum atomic E-state index is 0.501. The monoisotopic (exact) mass is 432 g/mol. The van der Waals surface area contributed by atoms with Crippen LogP contribution in [-0.2, 0) is 6.42 Å². The molecule has 3 heteroatoms. The second-order valence-electron chi connectivity index (χ2n) is 9.04. The number of anilines is 4. The average Bonchev–Trinajstić information content (AvgIpc) is 2.81. The fourth-order valence-electron chi connectivity index (χ4n) is 4.84. The zero-order valence-electron chi connectivity index (χ0n) is 20.2. The van der Waals surface area contributed by atoms with Gasteiger partial charge in [-0.15, -0.1) is 0 Å². The van der Waals surface area contributed by atoms with Crippen LogP contribution < -0.4 is 16.1 Å². The van der Waals surface area contributed by atoms with Crippen LogP contribution in [0.2, 0.25) is 0 Å². The highest BCUT2D eigenvalue weighted by atomic mass is 15.1. The Kier molecular flexibility index (Phi) is 6.79. The summed E-state index contributed by atoms with van der Waals surface area (Å²) in [4.78, 5) is 2.29. The van der Waals surface area contributed by atoms with Gasteiger partial charge in [0.05, 0.1) is 5.69 Å². The van der Waals surface area contributed by atoms with Gasteiger partial charge in [0.15, 0.2) is 0 Å². The summed E-state index contributed by atoms with van der Waals surface area (Å²) in [7, 11) is 6.20. The predicted molar refractivity (Wildman–Crippen MR) is 146 cm³/mol. The molecular formula is C30H33BN2. The lowest BCUT2D eigenvalue weighted by atomic mass is 9.85. The molecule has 33 heavy (non-hydrogen) atoms. The summed E-state index contributed by atoms with van der Waals surface area (Å²) in [6, 6.07) is 25.3. The first-order chi connectivity index (χ1) is 15.9. The van der Waals surface area contributed by atoms with Crippen molar-refractivity contribution in [2.24, 2.45) is 0 Å². The van der Waals surface area contributed by atoms with Crippen LogP contribution in [0.4, 0.5) is 22.7 Å². The van der Waals surface area contributed by atoms with Crippen LogP contribution in [0.5, 0.6) is 0 Å². The molecule has 0 aliphatic rings. The molecule has 0 bridgehead atoms. The van der Waals surface area contributed by atoms with E-state index in [-0.39, 0.29) is 0 Å². The van der Waals surface area contributed by atoms with Gasteiger partial charge in [0, 0.05) is 22.4 Å². The number of nitrogen functional groups attached to an aromatic ring is 1. The van der Waals surface area contributed by atoms with Crippen LogP contribution in [0.25, 0.3) is 10.8 Å². The molecule has 0 saturated carbocycles. The molecule has 4 aromatic rings. The minimum Gasteiger partial charge on any atom is -0.399 e. The Morgan fingerprint density at radius 1 is 0.909 bits per heavy atom. The first-order valence-corrected chi connectivity index (χ1v) is 12.0. The van der Waals surface area contributed by atoms with Crippen molar-refractivity contribution in [3.05, 3.63) is 89.5 Å². The Hall–Kier alpha value is -3.20. The van der Waals surface area contributed by atoms with Crippen molar-refractivity contribution in [1.29, 1.82) is 0 Å². The highest BCUT2D eigenvalue weighted by Crippen LogP contribution is 2.43. The molecule has 0 saturated heterocycles. The van der Waals surface area contributed by atoms with E-state index in [1.165, 1.54) is 27.5 Å². The Labute approximate surface area is 199 Å². The zero-order chi connectivity index (χ0) is 23.5. The van der Waals surface area contributed by atoms with Gasteiger partial charge in [-0.05, 0) is 90.2 Å². The van der Waals surface area contributed by atoms with Gasteiger partial charge in [-0.2, -0.15) is 0 Å². The number of hydrogen-bond donors (Lipinski definition) is 1. The fraction of sp³-hybridized carbons (Fsp3) is 0.267. The van der Waals surface area contributed by atoms with Gasteiger partial charge in [-0.1, -0.05) is 63.0 Å². The quantitative estimate of drug-likeness (QED) is 0.243. The van der Waals surface area contributed by atoms with Gasteiger partial charge < -0.3 is 10.6 Å². The van der Waals surface area contributed by atoms with Crippen molar-refractivity contribution in [2.45, 2.75) is 52.9 Å². The highest BCUT2D eigenvalue weighted by molar-refractivity contribution is 6.32. The van der Waals surface area contributed by atoms with Crippen LogP contribution >= 0.6 is 0 Å². The van der Waals surface area contributed by atoms with Crippen molar-refractivity contribution in [1.82, 2.24) is 0 Å². The standard InChI is InChI=1S/C30H33BN2/c1-5-8-22-12-17-27-28(18-11-21(4)30(27)29(22)20(3)6-2)33(25-15-13-24(32)14-16-25)26-10-7-9-23(31)19-26/h7,9-20H,5-6,8,32H2,1-4H3. The van der Waals surface area contributed by atoms with Crippen molar-refractivity contribution in [2.75, 3.05) is 10.6 Å². The summed E-state index contributed by atoms with van der Waals surface area (Å²) >= 11 is 0. The maximum absolute atomic E-state index is 6.20. The minimum absolute atomic E-state index is 0.501. The maximum atomic E-state index is 6.20. The summed E-state index contributed by atoms with van der Waals surface area (Å²) < 4.78 is 0. The SMILES string of the molecule is [B]c1cccc(N(c2ccc(N)cc2)c2ccc(C)c3c(C(C)CC)c(CCC)ccc23)c1. The molecule has 4 aromatic carbocycles. The Morgan fingerprint density at radius 3 is 2.33 bits per heavy atom. The molecule has 0 aromatic heterocycles. The summed E-state index contributed by atoms with van der Waals surface area (Å²) in [6.45, 7) is 9.14. The fourth-order valence-corrected chi connectivity index (χ4v) is 4.84. The van der Waals surface area contributed by atoms with Crippen LogP contribution in [-0.4, -0.2) is 7.85 Å². The number of fused-ring (bicyclic) bond motifs is 1. The van der Waals surface area contributed by atoms with Crippen molar-refractivity contribution >= 4 is 46.8 Å². The first kappa shape index (κ1) is 23.0. The average molecular weight is 432 g/mol. The number of hydrogen-bond acceptors (Lipinski definition) is 2. The third-order valence-corrected chi connectivity index (χ3v) is 6.64. The summed E-state index contributed by atoms with van der Waals surface area (Å²) in [5.74, 6) is 0.501. The molecule has 0 amide bonds. The zero-order valence-corrected chi connectivity index (χ0v) is 20.2. The number of rotatable bonds is 7. The number of benzene rings is 4. The predicted octanol–water partition coefficient (Wildman–Crippen LogP) is 7.46. The smallest absolute Gasteiger partial charge is 0.113 e. The molecule has 0 heterocycles. The second kappa shape index (κ2) is 9.74. The van der Waals surface area contributed by atoms with Crippen LogP contribution in [0.1, 0.15) is 56.2 Å². The van der Waals surface area contributed by atoms with Crippen LogP contribution in [0, 0.1) is 6.92 Å². The molecular weight excluding hydrogens is 399 g/mol. The molecule has 2 N–H and O–H groups in total. The molecule has 166 valence electrons. The van der Waals surface area contributed by atoms with E-state index in [0.29, 0.717) is 5.92 Å². The lowest BCUT2D eigenvalue weighted by molar-refractivity contribution is 0.724. The molecule has 0 aliphatic carbocycles. The third kappa shape index (κ3) is 4.50. The molecule has 2 nitrogen and oxygen atoms in total. The van der Waals surface area contributed by atoms with Gasteiger partial charge in [0.1, 0.15) is 7.85 Å². The molecule has 4 rings (SSSR count). The Morgan fingerprint density at radius 2 is 1.67 bits per heavy atom. The van der Waals surface area contributed by atoms with Gasteiger partial charge in [-0.25, -0.2) is 0 Å². The van der Waals surface area contributed by atoms with Crippen molar-refractivity contribution < 1.29 is 0 Å². The third-order valence-electron chi connectivity index (χ3n) is 6.64. The van der Waals surface area contributed by atoms with E-state index < -0.39 is 0 Å². The lowest BCUT2D eigenvalue weighted by Gasteiger charge is -2.29. The summed E-state index contributed by atoms with van der Waals surface area (Å²) in [6.07, 6.45) is 3.38. The van der Waals surface area contributed by atoms with Crippen molar-refractivity contribution in [3.63, 3.8) is 0 Å². The summed E-state index contributed by atoms with van der Waals surface area (Å²) in [5.41, 5.74) is 15.1. The molecule has 2 radical (unpaired) electrons. The van der Waals surface area contributed by atoms with E-state index in [9.17, 15) is 0 Å². The van der Waals surface area contributed by atoms with Crippen LogP contribution in [0.15, 0.2) is 72.8 Å². The van der Waals surface area contributed by atoms with Crippen molar-refractivity contribution in [3.8, 4) is 0 Å². The number of nitrogens with two attached hydrogens (primary N) is 1. The molecule has 1 unspecified atom stereocenters. The van der Waals surface area contributed by atoms with E-state index in [1.54, 1.807) is 0 Å². The van der Waals surface area contributed by atoms with Gasteiger partial charge in [0.2, 0.25) is 0 Å². The van der Waals surface area contributed by atoms with E-state index in [0.717, 1.165) is 47.5 Å². The van der Waals surface area contributed by atoms with E-state index in [4.69, 9.17) is 13.6 Å². The molecule has 0 aliphatic heterocycles. The van der Waals surface area contributed by atoms with Gasteiger partial charge in [-0.3, -0.25) is 0 Å². The first-order valence-electron chi connectivity index (χ1n) is 12.0. The Balaban J connectivity index is 2.04. The largest absolute Gasteiger partial charge is 0.399 e. The number of nitrogens with zero attached hydrogens (tertiary/aromatic N) is 1.